The van der Waals surface area contributed by atoms with E-state index in [1.54, 1.807) is 14.2 Å². The summed E-state index contributed by atoms with van der Waals surface area (Å²) in [6.07, 6.45) is -2.29. The molecule has 2 N–H and O–H groups in total. The molecule has 1 saturated heterocycles. The number of aliphatic hydroxyl groups is 1. The Morgan fingerprint density at radius 2 is 1.50 bits per heavy atom. The molecule has 1 aliphatic rings. The lowest BCUT2D eigenvalue weighted by Crippen LogP contribution is -2.39. The minimum absolute atomic E-state index is 0.166. The highest BCUT2D eigenvalue weighted by Gasteiger charge is 2.47. The van der Waals surface area contributed by atoms with Crippen molar-refractivity contribution in [2.75, 3.05) is 20.8 Å². The third kappa shape index (κ3) is 5.39. The van der Waals surface area contributed by atoms with Gasteiger partial charge in [0.05, 0.1) is 26.9 Å². The first-order chi connectivity index (χ1) is 20.4. The molecule has 0 radical (unpaired) electrons. The van der Waals surface area contributed by atoms with Gasteiger partial charge in [-0.1, -0.05) is 59.7 Å². The van der Waals surface area contributed by atoms with Gasteiger partial charge in [0.2, 0.25) is 0 Å². The van der Waals surface area contributed by atoms with Crippen molar-refractivity contribution in [2.24, 2.45) is 5.11 Å². The molecule has 5 rings (SSSR count). The summed E-state index contributed by atoms with van der Waals surface area (Å²) in [6.45, 7) is -0.166. The number of aromatic nitrogens is 2. The summed E-state index contributed by atoms with van der Waals surface area (Å²) in [5.74, 6) is 1.33. The number of methoxy groups -OCH3 is 2. The number of benzene rings is 3. The van der Waals surface area contributed by atoms with E-state index in [0.29, 0.717) is 11.5 Å². The van der Waals surface area contributed by atoms with Crippen LogP contribution in [0.4, 0.5) is 0 Å². The SMILES string of the molecule is COc1ccc(C(OC[C@@H]2O[C@H](n3ccc(=O)[nH]c3=O)C(N=[N+]=[N-])C2O)(c2ccccc2)c2ccc(OC)cc2)cc1. The Bertz CT molecular complexity index is 1620. The molecule has 4 atom stereocenters. The fourth-order valence-electron chi connectivity index (χ4n) is 5.19. The third-order valence-electron chi connectivity index (χ3n) is 7.29. The molecule has 2 unspecified atom stereocenters. The Hall–Kier alpha value is -4.87. The van der Waals surface area contributed by atoms with Gasteiger partial charge in [-0.2, -0.15) is 0 Å². The highest BCUT2D eigenvalue weighted by molar-refractivity contribution is 5.49. The Labute approximate surface area is 240 Å². The van der Waals surface area contributed by atoms with Gasteiger partial charge in [0.25, 0.3) is 5.56 Å². The molecule has 12 nitrogen and oxygen atoms in total. The van der Waals surface area contributed by atoms with Gasteiger partial charge >= 0.3 is 5.69 Å². The van der Waals surface area contributed by atoms with E-state index < -0.39 is 41.3 Å². The number of hydrogen-bond acceptors (Lipinski definition) is 8. The zero-order valence-corrected chi connectivity index (χ0v) is 22.9. The van der Waals surface area contributed by atoms with Crippen LogP contribution < -0.4 is 20.7 Å². The minimum Gasteiger partial charge on any atom is -0.497 e. The Morgan fingerprint density at radius 1 is 0.929 bits per heavy atom. The minimum atomic E-state index is -1.33. The van der Waals surface area contributed by atoms with Crippen molar-refractivity contribution in [1.29, 1.82) is 0 Å². The molecule has 2 heterocycles. The van der Waals surface area contributed by atoms with Gasteiger partial charge in [-0.3, -0.25) is 14.3 Å². The molecule has 0 saturated carbocycles. The number of hydrogen-bond donors (Lipinski definition) is 2. The van der Waals surface area contributed by atoms with Crippen molar-refractivity contribution in [2.45, 2.75) is 30.1 Å². The van der Waals surface area contributed by atoms with E-state index in [0.717, 1.165) is 27.3 Å². The Balaban J connectivity index is 1.58. The van der Waals surface area contributed by atoms with Crippen LogP contribution in [0, 0.1) is 0 Å². The summed E-state index contributed by atoms with van der Waals surface area (Å²) in [7, 11) is 3.17. The average molecular weight is 572 g/mol. The normalized spacial score (nSPS) is 20.1. The van der Waals surface area contributed by atoms with Crippen molar-refractivity contribution in [1.82, 2.24) is 9.55 Å². The lowest BCUT2D eigenvalue weighted by molar-refractivity contribution is -0.0945. The van der Waals surface area contributed by atoms with Crippen LogP contribution in [-0.4, -0.2) is 53.7 Å². The van der Waals surface area contributed by atoms with Crippen LogP contribution in [-0.2, 0) is 15.1 Å². The van der Waals surface area contributed by atoms with Crippen LogP contribution >= 0.6 is 0 Å². The standard InChI is InChI=1S/C30H29N5O7/c1-39-22-12-8-20(9-13-22)30(19-6-4-3-5-7-19,21-10-14-23(40-2)15-11-21)41-18-24-27(37)26(33-34-31)28(42-24)35-17-16-25(36)32-29(35)38/h3-17,24,26-28,37H,18H2,1-2H3,(H,32,36,38)/t24-,26?,27?,28-/m0/s1. The second-order valence-electron chi connectivity index (χ2n) is 9.58. The van der Waals surface area contributed by atoms with E-state index in [4.69, 9.17) is 18.9 Å². The van der Waals surface area contributed by atoms with Gasteiger partial charge in [-0.15, -0.1) is 0 Å². The summed E-state index contributed by atoms with van der Waals surface area (Å²) in [4.78, 5) is 29.1. The second kappa shape index (κ2) is 12.3. The van der Waals surface area contributed by atoms with Crippen molar-refractivity contribution >= 4 is 0 Å². The molecule has 0 aliphatic carbocycles. The number of azide groups is 1. The number of aromatic amines is 1. The maximum atomic E-state index is 12.5. The van der Waals surface area contributed by atoms with Crippen LogP contribution in [0.3, 0.4) is 0 Å². The largest absolute Gasteiger partial charge is 0.497 e. The third-order valence-corrected chi connectivity index (χ3v) is 7.29. The highest BCUT2D eigenvalue weighted by Crippen LogP contribution is 2.43. The van der Waals surface area contributed by atoms with Crippen LogP contribution in [0.2, 0.25) is 0 Å². The number of aliphatic hydroxyl groups excluding tert-OH is 1. The van der Waals surface area contributed by atoms with E-state index in [1.807, 2.05) is 78.9 Å². The smallest absolute Gasteiger partial charge is 0.330 e. The Kier molecular flexibility index (Phi) is 8.41. The first-order valence-electron chi connectivity index (χ1n) is 13.1. The average Bonchev–Trinajstić information content (AvgIpc) is 3.33. The molecular formula is C30H29N5O7. The maximum absolute atomic E-state index is 12.5. The Morgan fingerprint density at radius 3 is 2.02 bits per heavy atom. The van der Waals surface area contributed by atoms with Gasteiger partial charge in [0, 0.05) is 17.2 Å². The van der Waals surface area contributed by atoms with Crippen LogP contribution in [0.15, 0.2) is 106 Å². The molecule has 1 aromatic heterocycles. The summed E-state index contributed by atoms with van der Waals surface area (Å²) >= 11 is 0. The number of ether oxygens (including phenoxy) is 4. The summed E-state index contributed by atoms with van der Waals surface area (Å²) < 4.78 is 24.7. The monoisotopic (exact) mass is 571 g/mol. The first kappa shape index (κ1) is 28.7. The molecule has 42 heavy (non-hydrogen) atoms. The fraction of sp³-hybridized carbons (Fsp3) is 0.267. The van der Waals surface area contributed by atoms with Crippen molar-refractivity contribution in [3.05, 3.63) is 139 Å². The van der Waals surface area contributed by atoms with Crippen LogP contribution in [0.25, 0.3) is 10.4 Å². The van der Waals surface area contributed by atoms with Gasteiger partial charge in [-0.05, 0) is 46.5 Å². The number of H-pyrrole nitrogens is 1. The summed E-state index contributed by atoms with van der Waals surface area (Å²) in [5.41, 5.74) is 8.98. The van der Waals surface area contributed by atoms with Gasteiger partial charge in [0.1, 0.15) is 35.5 Å². The summed E-state index contributed by atoms with van der Waals surface area (Å²) in [6, 6.07) is 24.5. The molecule has 216 valence electrons. The zero-order chi connectivity index (χ0) is 29.7. The predicted octanol–water partition coefficient (Wildman–Crippen LogP) is 3.50. The molecule has 1 aliphatic heterocycles. The molecule has 3 aromatic carbocycles. The number of nitrogens with zero attached hydrogens (tertiary/aromatic N) is 4. The second-order valence-corrected chi connectivity index (χ2v) is 9.58. The van der Waals surface area contributed by atoms with Crippen molar-refractivity contribution < 1.29 is 24.1 Å². The quantitative estimate of drug-likeness (QED) is 0.127. The van der Waals surface area contributed by atoms with E-state index in [1.165, 1.54) is 6.20 Å². The molecule has 4 aromatic rings. The van der Waals surface area contributed by atoms with Crippen LogP contribution in [0.1, 0.15) is 22.9 Å². The zero-order valence-electron chi connectivity index (χ0n) is 22.9. The van der Waals surface area contributed by atoms with Gasteiger partial charge < -0.3 is 24.1 Å². The van der Waals surface area contributed by atoms with Gasteiger partial charge in [0.15, 0.2) is 0 Å². The predicted molar refractivity (Wildman–Crippen MR) is 152 cm³/mol. The lowest BCUT2D eigenvalue weighted by atomic mass is 9.80. The molecular weight excluding hydrogens is 542 g/mol. The summed E-state index contributed by atoms with van der Waals surface area (Å²) in [5, 5.41) is 14.9. The highest BCUT2D eigenvalue weighted by atomic mass is 16.6. The maximum Gasteiger partial charge on any atom is 0.330 e. The number of rotatable bonds is 10. The van der Waals surface area contributed by atoms with Crippen LogP contribution in [0.5, 0.6) is 11.5 Å². The molecule has 0 amide bonds. The molecule has 12 heteroatoms. The van der Waals surface area contributed by atoms with E-state index >= 15 is 0 Å². The molecule has 0 spiro atoms. The first-order valence-corrected chi connectivity index (χ1v) is 13.1. The topological polar surface area (TPSA) is 161 Å². The fourth-order valence-corrected chi connectivity index (χ4v) is 5.19. The van der Waals surface area contributed by atoms with Crippen molar-refractivity contribution in [3.8, 4) is 11.5 Å². The molecule has 1 fully saturated rings. The van der Waals surface area contributed by atoms with Gasteiger partial charge in [-0.25, -0.2) is 4.79 Å². The van der Waals surface area contributed by atoms with E-state index in [2.05, 4.69) is 15.0 Å². The lowest BCUT2D eigenvalue weighted by Gasteiger charge is -2.37. The molecule has 0 bridgehead atoms. The van der Waals surface area contributed by atoms with E-state index in [9.17, 15) is 20.2 Å². The number of nitrogens with one attached hydrogen (secondary N) is 1. The van der Waals surface area contributed by atoms with Crippen molar-refractivity contribution in [3.63, 3.8) is 0 Å². The van der Waals surface area contributed by atoms with E-state index in [-0.39, 0.29) is 6.61 Å².